The van der Waals surface area contributed by atoms with Gasteiger partial charge in [-0.15, -0.1) is 0 Å². The van der Waals surface area contributed by atoms with Gasteiger partial charge in [0.05, 0.1) is 29.0 Å². The van der Waals surface area contributed by atoms with Crippen LogP contribution in [0.15, 0.2) is 36.8 Å². The Balaban J connectivity index is 1.68. The number of aromatic nitrogens is 5. The van der Waals surface area contributed by atoms with Crippen molar-refractivity contribution in [3.8, 4) is 5.82 Å². The van der Waals surface area contributed by atoms with Crippen LogP contribution in [-0.4, -0.2) is 30.6 Å². The Labute approximate surface area is 139 Å². The molecule has 24 heavy (non-hydrogen) atoms. The Morgan fingerprint density at radius 3 is 2.67 bits per heavy atom. The van der Waals surface area contributed by atoms with Crippen LogP contribution in [0.5, 0.6) is 0 Å². The second-order valence-electron chi connectivity index (χ2n) is 5.30. The van der Waals surface area contributed by atoms with E-state index in [-0.39, 0.29) is 6.03 Å². The second-order valence-corrected chi connectivity index (χ2v) is 5.30. The molecular weight excluding hydrogens is 306 g/mol. The molecule has 0 aliphatic rings. The van der Waals surface area contributed by atoms with Crippen LogP contribution in [0, 0.1) is 13.8 Å². The fraction of sp³-hybridized carbons (Fsp3) is 0.250. The van der Waals surface area contributed by atoms with E-state index < -0.39 is 0 Å². The predicted octanol–water partition coefficient (Wildman–Crippen LogP) is 2.74. The Kier molecular flexibility index (Phi) is 4.28. The molecule has 0 aliphatic carbocycles. The van der Waals surface area contributed by atoms with E-state index in [0.717, 1.165) is 23.6 Å². The monoisotopic (exact) mass is 325 g/mol. The van der Waals surface area contributed by atoms with Gasteiger partial charge in [-0.1, -0.05) is 0 Å². The molecule has 0 fully saturated rings. The summed E-state index contributed by atoms with van der Waals surface area (Å²) in [6, 6.07) is 5.06. The van der Waals surface area contributed by atoms with Crippen molar-refractivity contribution in [3.05, 3.63) is 48.2 Å². The fourth-order valence-corrected chi connectivity index (χ4v) is 2.46. The molecule has 124 valence electrons. The summed E-state index contributed by atoms with van der Waals surface area (Å²) in [5.74, 6) is 0.682. The normalized spacial score (nSPS) is 10.6. The van der Waals surface area contributed by atoms with E-state index in [0.29, 0.717) is 11.5 Å². The average molecular weight is 325 g/mol. The first-order valence-electron chi connectivity index (χ1n) is 7.66. The van der Waals surface area contributed by atoms with Crippen molar-refractivity contribution in [2.45, 2.75) is 27.3 Å². The SMILES string of the molecule is CCn1nc(C)c(NC(=O)Nc2ccc(-n3cccn3)nc2)c1C. The molecule has 0 saturated heterocycles. The van der Waals surface area contributed by atoms with Gasteiger partial charge in [0, 0.05) is 18.9 Å². The summed E-state index contributed by atoms with van der Waals surface area (Å²) >= 11 is 0. The minimum Gasteiger partial charge on any atom is -0.306 e. The highest BCUT2D eigenvalue weighted by molar-refractivity contribution is 6.00. The van der Waals surface area contributed by atoms with Crippen LogP contribution < -0.4 is 10.6 Å². The van der Waals surface area contributed by atoms with E-state index in [1.54, 1.807) is 35.4 Å². The molecule has 0 bridgehead atoms. The maximum atomic E-state index is 12.2. The number of hydrogen-bond donors (Lipinski definition) is 2. The number of carbonyl (C=O) groups is 1. The van der Waals surface area contributed by atoms with Gasteiger partial charge in [0.15, 0.2) is 5.82 Å². The summed E-state index contributed by atoms with van der Waals surface area (Å²) < 4.78 is 3.50. The number of pyridine rings is 1. The molecule has 2 amide bonds. The van der Waals surface area contributed by atoms with Gasteiger partial charge >= 0.3 is 6.03 Å². The average Bonchev–Trinajstić information content (AvgIpc) is 3.19. The highest BCUT2D eigenvalue weighted by Gasteiger charge is 2.13. The van der Waals surface area contributed by atoms with Crippen LogP contribution in [0.1, 0.15) is 18.3 Å². The Morgan fingerprint density at radius 1 is 1.25 bits per heavy atom. The van der Waals surface area contributed by atoms with Crippen molar-refractivity contribution in [1.82, 2.24) is 24.5 Å². The first-order chi connectivity index (χ1) is 11.6. The molecule has 0 atom stereocenters. The number of rotatable bonds is 4. The van der Waals surface area contributed by atoms with Gasteiger partial charge in [-0.3, -0.25) is 4.68 Å². The Morgan fingerprint density at radius 2 is 2.08 bits per heavy atom. The van der Waals surface area contributed by atoms with Crippen LogP contribution in [-0.2, 0) is 6.54 Å². The predicted molar refractivity (Wildman–Crippen MR) is 91.4 cm³/mol. The third kappa shape index (κ3) is 3.12. The van der Waals surface area contributed by atoms with Gasteiger partial charge in [0.25, 0.3) is 0 Å². The number of aryl methyl sites for hydroxylation is 2. The molecule has 0 saturated carbocycles. The first kappa shape index (κ1) is 15.7. The quantitative estimate of drug-likeness (QED) is 0.772. The summed E-state index contributed by atoms with van der Waals surface area (Å²) in [6.07, 6.45) is 5.08. The van der Waals surface area contributed by atoms with E-state index in [9.17, 15) is 4.79 Å². The summed E-state index contributed by atoms with van der Waals surface area (Å²) in [5.41, 5.74) is 3.05. The zero-order valence-corrected chi connectivity index (χ0v) is 13.8. The second kappa shape index (κ2) is 6.53. The van der Waals surface area contributed by atoms with Gasteiger partial charge in [0.2, 0.25) is 0 Å². The van der Waals surface area contributed by atoms with Gasteiger partial charge in [-0.25, -0.2) is 14.5 Å². The third-order valence-corrected chi connectivity index (χ3v) is 3.66. The number of carbonyl (C=O) groups excluding carboxylic acids is 1. The van der Waals surface area contributed by atoms with E-state index in [2.05, 4.69) is 25.8 Å². The zero-order chi connectivity index (χ0) is 17.1. The van der Waals surface area contributed by atoms with Crippen molar-refractivity contribution in [2.75, 3.05) is 10.6 Å². The molecule has 3 aromatic rings. The molecular formula is C16H19N7O. The van der Waals surface area contributed by atoms with Gasteiger partial charge in [-0.2, -0.15) is 10.2 Å². The number of amides is 2. The summed E-state index contributed by atoms with van der Waals surface area (Å²) in [5, 5.41) is 14.1. The van der Waals surface area contributed by atoms with Crippen LogP contribution in [0.25, 0.3) is 5.82 Å². The molecule has 0 aromatic carbocycles. The van der Waals surface area contributed by atoms with E-state index in [1.165, 1.54) is 0 Å². The molecule has 8 nitrogen and oxygen atoms in total. The molecule has 0 unspecified atom stereocenters. The topological polar surface area (TPSA) is 89.7 Å². The van der Waals surface area contributed by atoms with Gasteiger partial charge in [0.1, 0.15) is 0 Å². The number of nitrogens with one attached hydrogen (secondary N) is 2. The maximum absolute atomic E-state index is 12.2. The third-order valence-electron chi connectivity index (χ3n) is 3.66. The van der Waals surface area contributed by atoms with Crippen LogP contribution in [0.3, 0.4) is 0 Å². The zero-order valence-electron chi connectivity index (χ0n) is 13.8. The van der Waals surface area contributed by atoms with E-state index in [1.807, 2.05) is 31.5 Å². The smallest absolute Gasteiger partial charge is 0.306 e. The van der Waals surface area contributed by atoms with Gasteiger partial charge < -0.3 is 10.6 Å². The lowest BCUT2D eigenvalue weighted by Gasteiger charge is -2.08. The lowest BCUT2D eigenvalue weighted by molar-refractivity contribution is 0.262. The minimum atomic E-state index is -0.328. The number of hydrogen-bond acceptors (Lipinski definition) is 4. The van der Waals surface area contributed by atoms with Crippen LogP contribution in [0.2, 0.25) is 0 Å². The molecule has 8 heteroatoms. The van der Waals surface area contributed by atoms with Crippen molar-refractivity contribution < 1.29 is 4.79 Å². The fourth-order valence-electron chi connectivity index (χ4n) is 2.46. The molecule has 3 rings (SSSR count). The van der Waals surface area contributed by atoms with Gasteiger partial charge in [-0.05, 0) is 39.0 Å². The van der Waals surface area contributed by atoms with E-state index in [4.69, 9.17) is 0 Å². The first-order valence-corrected chi connectivity index (χ1v) is 7.66. The van der Waals surface area contributed by atoms with Crippen molar-refractivity contribution in [1.29, 1.82) is 0 Å². The number of anilines is 2. The molecule has 3 heterocycles. The maximum Gasteiger partial charge on any atom is 0.323 e. The Hall–Kier alpha value is -3.16. The molecule has 0 radical (unpaired) electrons. The minimum absolute atomic E-state index is 0.328. The highest BCUT2D eigenvalue weighted by Crippen LogP contribution is 2.19. The van der Waals surface area contributed by atoms with Crippen LogP contribution in [0.4, 0.5) is 16.2 Å². The molecule has 0 aliphatic heterocycles. The summed E-state index contributed by atoms with van der Waals surface area (Å²) in [4.78, 5) is 16.5. The largest absolute Gasteiger partial charge is 0.323 e. The number of urea groups is 1. The van der Waals surface area contributed by atoms with Crippen molar-refractivity contribution >= 4 is 17.4 Å². The van der Waals surface area contributed by atoms with Crippen molar-refractivity contribution in [3.63, 3.8) is 0 Å². The van der Waals surface area contributed by atoms with Crippen LogP contribution >= 0.6 is 0 Å². The molecule has 2 N–H and O–H groups in total. The summed E-state index contributed by atoms with van der Waals surface area (Å²) in [6.45, 7) is 6.57. The van der Waals surface area contributed by atoms with E-state index >= 15 is 0 Å². The number of nitrogens with zero attached hydrogens (tertiary/aromatic N) is 5. The molecule has 3 aromatic heterocycles. The molecule has 0 spiro atoms. The highest BCUT2D eigenvalue weighted by atomic mass is 16.2. The lowest BCUT2D eigenvalue weighted by atomic mass is 10.3. The summed E-state index contributed by atoms with van der Waals surface area (Å²) in [7, 11) is 0. The van der Waals surface area contributed by atoms with Crippen molar-refractivity contribution in [2.24, 2.45) is 0 Å². The Bertz CT molecular complexity index is 834. The lowest BCUT2D eigenvalue weighted by Crippen LogP contribution is -2.20. The standard InChI is InChI=1S/C16H19N7O/c1-4-22-12(3)15(11(2)21-22)20-16(24)19-13-6-7-14(17-10-13)23-9-5-8-18-23/h5-10H,4H2,1-3H3,(H2,19,20,24).